The Labute approximate surface area is 234 Å². The number of hydrogen-bond acceptors (Lipinski definition) is 7. The topological polar surface area (TPSA) is 136 Å². The lowest BCUT2D eigenvalue weighted by Crippen LogP contribution is -2.42. The molecule has 1 fully saturated rings. The SMILES string of the molecule is CC(C)CC1CN(Cc2nc(C(=O)Nc3cc(-c4cccc5[nH]ccc45)cc4[nH]ncc34)c(C(=O)O)s2)CCO1. The predicted octanol–water partition coefficient (Wildman–Crippen LogP) is 5.37. The normalized spacial score (nSPS) is 16.2. The van der Waals surface area contributed by atoms with Gasteiger partial charge in [-0.15, -0.1) is 11.3 Å². The molecule has 3 aromatic heterocycles. The van der Waals surface area contributed by atoms with Crippen LogP contribution in [-0.4, -0.2) is 67.8 Å². The molecule has 4 N–H and O–H groups in total. The van der Waals surface area contributed by atoms with Crippen LogP contribution in [0.3, 0.4) is 0 Å². The molecule has 1 unspecified atom stereocenters. The van der Waals surface area contributed by atoms with Gasteiger partial charge < -0.3 is 20.1 Å². The molecule has 6 rings (SSSR count). The zero-order chi connectivity index (χ0) is 27.8. The molecule has 1 aliphatic heterocycles. The van der Waals surface area contributed by atoms with Crippen LogP contribution in [0.25, 0.3) is 32.9 Å². The minimum atomic E-state index is -1.17. The number of thiazole rings is 1. The van der Waals surface area contributed by atoms with Gasteiger partial charge in [0.15, 0.2) is 5.69 Å². The standard InChI is InChI=1S/C29H30N6O4S/c1-16(2)10-18-14-35(8-9-39-18)15-25-33-26(27(40-25)29(37)38)28(36)32-23-11-17(12-24-21(23)13-31-34-24)19-4-3-5-22-20(19)6-7-30-22/h3-7,11-13,16,18,30H,8-10,14-15H2,1-2H3,(H,31,34)(H,32,36)(H,37,38). The fourth-order valence-corrected chi connectivity index (χ4v) is 6.29. The van der Waals surface area contributed by atoms with Gasteiger partial charge in [0.1, 0.15) is 9.88 Å². The van der Waals surface area contributed by atoms with Crippen LogP contribution in [0.2, 0.25) is 0 Å². The number of ether oxygens (including phenoxy) is 1. The smallest absolute Gasteiger partial charge is 0.348 e. The first-order valence-corrected chi connectivity index (χ1v) is 14.1. The Morgan fingerprint density at radius 2 is 2.10 bits per heavy atom. The first-order valence-electron chi connectivity index (χ1n) is 13.3. The van der Waals surface area contributed by atoms with Gasteiger partial charge in [0.2, 0.25) is 0 Å². The number of nitrogens with one attached hydrogen (secondary N) is 3. The number of aromatic carboxylic acids is 1. The van der Waals surface area contributed by atoms with E-state index in [0.717, 1.165) is 63.8 Å². The van der Waals surface area contributed by atoms with Gasteiger partial charge in [-0.05, 0) is 47.7 Å². The molecule has 1 amide bonds. The van der Waals surface area contributed by atoms with E-state index in [1.165, 1.54) is 0 Å². The van der Waals surface area contributed by atoms with Crippen molar-refractivity contribution in [2.75, 3.05) is 25.0 Å². The van der Waals surface area contributed by atoms with Crippen LogP contribution < -0.4 is 5.32 Å². The number of amides is 1. The van der Waals surface area contributed by atoms with E-state index in [2.05, 4.69) is 44.2 Å². The maximum atomic E-state index is 13.5. The summed E-state index contributed by atoms with van der Waals surface area (Å²) in [5, 5.41) is 22.3. The summed E-state index contributed by atoms with van der Waals surface area (Å²) >= 11 is 1.05. The summed E-state index contributed by atoms with van der Waals surface area (Å²) < 4.78 is 5.89. The van der Waals surface area contributed by atoms with Crippen LogP contribution >= 0.6 is 11.3 Å². The Kier molecular flexibility index (Phi) is 7.09. The van der Waals surface area contributed by atoms with Crippen molar-refractivity contribution < 1.29 is 19.4 Å². The molecular weight excluding hydrogens is 528 g/mol. The van der Waals surface area contributed by atoms with E-state index < -0.39 is 11.9 Å². The first-order chi connectivity index (χ1) is 19.4. The van der Waals surface area contributed by atoms with E-state index in [9.17, 15) is 14.7 Å². The molecule has 1 aliphatic rings. The number of carbonyl (C=O) groups excluding carboxylic acids is 1. The highest BCUT2D eigenvalue weighted by molar-refractivity contribution is 7.13. The number of fused-ring (bicyclic) bond motifs is 2. The van der Waals surface area contributed by atoms with E-state index in [1.54, 1.807) is 6.20 Å². The number of H-pyrrole nitrogens is 2. The third-order valence-electron chi connectivity index (χ3n) is 7.11. The number of nitrogens with zero attached hydrogens (tertiary/aromatic N) is 3. The van der Waals surface area contributed by atoms with Crippen LogP contribution in [-0.2, 0) is 11.3 Å². The quantitative estimate of drug-likeness (QED) is 0.201. The molecule has 5 aromatic rings. The molecule has 0 bridgehead atoms. The number of rotatable bonds is 8. The monoisotopic (exact) mass is 558 g/mol. The average molecular weight is 559 g/mol. The van der Waals surface area contributed by atoms with Crippen molar-refractivity contribution in [3.05, 3.63) is 64.4 Å². The second kappa shape index (κ2) is 10.8. The van der Waals surface area contributed by atoms with Gasteiger partial charge in [0.05, 0.1) is 36.7 Å². The molecule has 40 heavy (non-hydrogen) atoms. The lowest BCUT2D eigenvalue weighted by Gasteiger charge is -2.33. The van der Waals surface area contributed by atoms with Crippen molar-refractivity contribution in [3.8, 4) is 11.1 Å². The molecule has 0 spiro atoms. The van der Waals surface area contributed by atoms with E-state index >= 15 is 0 Å². The van der Waals surface area contributed by atoms with Crippen LogP contribution in [0.1, 0.15) is 45.4 Å². The van der Waals surface area contributed by atoms with Crippen LogP contribution in [0.4, 0.5) is 5.69 Å². The zero-order valence-electron chi connectivity index (χ0n) is 22.2. The van der Waals surface area contributed by atoms with Crippen LogP contribution in [0, 0.1) is 5.92 Å². The van der Waals surface area contributed by atoms with Crippen molar-refractivity contribution in [2.45, 2.75) is 32.9 Å². The molecule has 0 saturated carbocycles. The van der Waals surface area contributed by atoms with Crippen molar-refractivity contribution in [1.29, 1.82) is 0 Å². The summed E-state index contributed by atoms with van der Waals surface area (Å²) in [6.07, 6.45) is 4.63. The third-order valence-corrected chi connectivity index (χ3v) is 8.14. The number of aromatic amines is 2. The Balaban J connectivity index is 1.28. The first kappa shape index (κ1) is 26.2. The summed E-state index contributed by atoms with van der Waals surface area (Å²) in [5.74, 6) is -1.22. The summed E-state index contributed by atoms with van der Waals surface area (Å²) in [5.41, 5.74) is 4.07. The summed E-state index contributed by atoms with van der Waals surface area (Å²) in [6, 6.07) is 11.9. The lowest BCUT2D eigenvalue weighted by atomic mass is 9.99. The molecule has 1 saturated heterocycles. The van der Waals surface area contributed by atoms with Crippen molar-refractivity contribution in [3.63, 3.8) is 0 Å². The number of benzene rings is 2. The fourth-order valence-electron chi connectivity index (χ4n) is 5.34. The Bertz CT molecular complexity index is 1700. The van der Waals surface area contributed by atoms with Gasteiger partial charge in [-0.3, -0.25) is 14.8 Å². The largest absolute Gasteiger partial charge is 0.477 e. The van der Waals surface area contributed by atoms with Gasteiger partial charge >= 0.3 is 5.97 Å². The minimum absolute atomic E-state index is 0.0730. The molecule has 4 heterocycles. The Hall–Kier alpha value is -4.06. The van der Waals surface area contributed by atoms with Crippen molar-refractivity contribution in [1.82, 2.24) is 25.1 Å². The van der Waals surface area contributed by atoms with Crippen LogP contribution in [0.5, 0.6) is 0 Å². The third kappa shape index (κ3) is 5.23. The molecule has 0 radical (unpaired) electrons. The van der Waals surface area contributed by atoms with Crippen molar-refractivity contribution in [2.24, 2.45) is 5.92 Å². The molecular formula is C29H30N6O4S. The number of aromatic nitrogens is 4. The van der Waals surface area contributed by atoms with Crippen molar-refractivity contribution >= 4 is 50.7 Å². The maximum Gasteiger partial charge on any atom is 0.348 e. The molecule has 10 nitrogen and oxygen atoms in total. The number of hydrogen-bond donors (Lipinski definition) is 4. The number of anilines is 1. The zero-order valence-corrected chi connectivity index (χ0v) is 23.0. The minimum Gasteiger partial charge on any atom is -0.477 e. The molecule has 206 valence electrons. The van der Waals surface area contributed by atoms with Gasteiger partial charge in [-0.2, -0.15) is 5.10 Å². The van der Waals surface area contributed by atoms with E-state index in [4.69, 9.17) is 4.74 Å². The number of carbonyl (C=O) groups is 2. The van der Waals surface area contributed by atoms with Crippen LogP contribution in [0.15, 0.2) is 48.8 Å². The highest BCUT2D eigenvalue weighted by atomic mass is 32.1. The highest BCUT2D eigenvalue weighted by Gasteiger charge is 2.27. The summed E-state index contributed by atoms with van der Waals surface area (Å²) in [7, 11) is 0. The number of carboxylic acids is 1. The Morgan fingerprint density at radius 1 is 1.23 bits per heavy atom. The van der Waals surface area contributed by atoms with Gasteiger partial charge in [-0.1, -0.05) is 26.0 Å². The molecule has 11 heteroatoms. The second-order valence-corrected chi connectivity index (χ2v) is 11.6. The molecule has 1 atom stereocenters. The van der Waals surface area contributed by atoms with Gasteiger partial charge in [-0.25, -0.2) is 9.78 Å². The number of carboxylic acid groups (broad SMARTS) is 1. The lowest BCUT2D eigenvalue weighted by molar-refractivity contribution is -0.0400. The number of morpholine rings is 1. The molecule has 0 aliphatic carbocycles. The maximum absolute atomic E-state index is 13.5. The van der Waals surface area contributed by atoms with E-state index in [0.29, 0.717) is 29.8 Å². The highest BCUT2D eigenvalue weighted by Crippen LogP contribution is 2.34. The van der Waals surface area contributed by atoms with Gasteiger partial charge in [0, 0.05) is 35.6 Å². The average Bonchev–Trinajstić information content (AvgIpc) is 3.67. The molecule has 2 aromatic carbocycles. The van der Waals surface area contributed by atoms with E-state index in [-0.39, 0.29) is 16.7 Å². The summed E-state index contributed by atoms with van der Waals surface area (Å²) in [6.45, 7) is 6.91. The Morgan fingerprint density at radius 3 is 2.92 bits per heavy atom. The predicted molar refractivity (Wildman–Crippen MR) is 155 cm³/mol. The fraction of sp³-hybridized carbons (Fsp3) is 0.310. The second-order valence-electron chi connectivity index (χ2n) is 10.5. The summed E-state index contributed by atoms with van der Waals surface area (Å²) in [4.78, 5) is 35.5. The van der Waals surface area contributed by atoms with Gasteiger partial charge in [0.25, 0.3) is 5.91 Å². The van der Waals surface area contributed by atoms with E-state index in [1.807, 2.05) is 42.6 Å².